The van der Waals surface area contributed by atoms with Crippen LogP contribution < -0.4 is 4.74 Å². The summed E-state index contributed by atoms with van der Waals surface area (Å²) in [6.45, 7) is 2.75. The van der Waals surface area contributed by atoms with Gasteiger partial charge in [0.05, 0.1) is 0 Å². The molecule has 0 N–H and O–H groups in total. The van der Waals surface area contributed by atoms with Crippen molar-refractivity contribution in [3.63, 3.8) is 0 Å². The lowest BCUT2D eigenvalue weighted by Crippen LogP contribution is -1.92. The first-order valence-corrected chi connectivity index (χ1v) is 4.17. The van der Waals surface area contributed by atoms with Gasteiger partial charge in [0, 0.05) is 0 Å². The molecule has 0 saturated carbocycles. The lowest BCUT2D eigenvalue weighted by molar-refractivity contribution is 0.362. The molecule has 0 amide bonds. The highest BCUT2D eigenvalue weighted by molar-refractivity contribution is 5.20. The van der Waals surface area contributed by atoms with E-state index in [9.17, 15) is 0 Å². The number of hydrogen-bond donors (Lipinski definition) is 0. The summed E-state index contributed by atoms with van der Waals surface area (Å²) in [6, 6.07) is 10.5. The summed E-state index contributed by atoms with van der Waals surface area (Å²) in [7, 11) is 0. The van der Waals surface area contributed by atoms with E-state index in [0.29, 0.717) is 6.61 Å². The molecule has 1 nitrogen and oxygen atoms in total. The predicted molar refractivity (Wildman–Crippen MR) is 50.2 cm³/mol. The van der Waals surface area contributed by atoms with Crippen LogP contribution in [0.3, 0.4) is 0 Å². The second kappa shape index (κ2) is 5.42. The standard InChI is InChI=1S/C11H13O/c1-2-3-7-10-12-11-8-5-4-6-9-11/h3-5,7-9H,2,10H2,1H3/b7-3+. The Morgan fingerprint density at radius 2 is 2.42 bits per heavy atom. The fraction of sp³-hybridized carbons (Fsp3) is 0.273. The largest absolute Gasteiger partial charge is 0.490 e. The second-order valence-electron chi connectivity index (χ2n) is 2.43. The molecule has 0 fully saturated rings. The van der Waals surface area contributed by atoms with Crippen LogP contribution >= 0.6 is 0 Å². The molecule has 1 heteroatoms. The van der Waals surface area contributed by atoms with Crippen LogP contribution in [0.5, 0.6) is 5.75 Å². The Hall–Kier alpha value is -1.24. The van der Waals surface area contributed by atoms with Gasteiger partial charge >= 0.3 is 0 Å². The van der Waals surface area contributed by atoms with E-state index in [4.69, 9.17) is 4.74 Å². The number of hydrogen-bond acceptors (Lipinski definition) is 1. The number of allylic oxidation sites excluding steroid dienone is 1. The SMILES string of the molecule is CC/C=C/COc1c[c]ccc1. The van der Waals surface area contributed by atoms with Crippen molar-refractivity contribution in [1.82, 2.24) is 0 Å². The molecule has 0 saturated heterocycles. The van der Waals surface area contributed by atoms with Gasteiger partial charge in [0.25, 0.3) is 0 Å². The van der Waals surface area contributed by atoms with E-state index >= 15 is 0 Å². The van der Waals surface area contributed by atoms with Crippen molar-refractivity contribution in [2.24, 2.45) is 0 Å². The van der Waals surface area contributed by atoms with Gasteiger partial charge in [0.1, 0.15) is 12.4 Å². The van der Waals surface area contributed by atoms with Crippen molar-refractivity contribution < 1.29 is 4.74 Å². The van der Waals surface area contributed by atoms with Crippen LogP contribution in [0.2, 0.25) is 0 Å². The summed E-state index contributed by atoms with van der Waals surface area (Å²) >= 11 is 0. The first kappa shape index (κ1) is 8.85. The molecular formula is C11H13O. The molecule has 1 radical (unpaired) electrons. The zero-order valence-electron chi connectivity index (χ0n) is 7.29. The van der Waals surface area contributed by atoms with E-state index in [0.717, 1.165) is 12.2 Å². The Morgan fingerprint density at radius 3 is 3.08 bits per heavy atom. The molecule has 63 valence electrons. The zero-order chi connectivity index (χ0) is 8.65. The summed E-state index contributed by atoms with van der Waals surface area (Å²) in [4.78, 5) is 0. The molecule has 0 aliphatic rings. The van der Waals surface area contributed by atoms with Gasteiger partial charge in [-0.25, -0.2) is 0 Å². The van der Waals surface area contributed by atoms with E-state index in [2.05, 4.69) is 19.1 Å². The van der Waals surface area contributed by atoms with Crippen molar-refractivity contribution in [2.75, 3.05) is 6.61 Å². The van der Waals surface area contributed by atoms with E-state index < -0.39 is 0 Å². The Kier molecular flexibility index (Phi) is 4.00. The van der Waals surface area contributed by atoms with Crippen LogP contribution in [0.4, 0.5) is 0 Å². The van der Waals surface area contributed by atoms with Crippen LogP contribution in [0, 0.1) is 6.07 Å². The van der Waals surface area contributed by atoms with Gasteiger partial charge in [-0.05, 0) is 24.6 Å². The van der Waals surface area contributed by atoms with Gasteiger partial charge in [-0.1, -0.05) is 31.2 Å². The first-order valence-electron chi connectivity index (χ1n) is 4.17. The summed E-state index contributed by atoms with van der Waals surface area (Å²) in [5.74, 6) is 0.873. The number of benzene rings is 1. The summed E-state index contributed by atoms with van der Waals surface area (Å²) in [6.07, 6.45) is 5.17. The lowest BCUT2D eigenvalue weighted by atomic mass is 10.3. The Balaban J connectivity index is 2.29. The van der Waals surface area contributed by atoms with E-state index in [1.807, 2.05) is 30.3 Å². The molecule has 0 aromatic heterocycles. The molecule has 0 bridgehead atoms. The molecule has 0 unspecified atom stereocenters. The third-order valence-corrected chi connectivity index (χ3v) is 1.43. The highest BCUT2D eigenvalue weighted by Crippen LogP contribution is 2.07. The van der Waals surface area contributed by atoms with Crippen LogP contribution in [-0.2, 0) is 0 Å². The molecule has 1 rings (SSSR count). The van der Waals surface area contributed by atoms with Crippen LogP contribution in [0.25, 0.3) is 0 Å². The molecule has 0 atom stereocenters. The fourth-order valence-corrected chi connectivity index (χ4v) is 0.846. The minimum absolute atomic E-state index is 0.645. The molecule has 0 aliphatic heterocycles. The summed E-state index contributed by atoms with van der Waals surface area (Å²) in [5.41, 5.74) is 0. The monoisotopic (exact) mass is 161 g/mol. The highest BCUT2D eigenvalue weighted by atomic mass is 16.5. The Morgan fingerprint density at radius 1 is 1.50 bits per heavy atom. The molecule has 1 aromatic carbocycles. The van der Waals surface area contributed by atoms with Gasteiger partial charge in [-0.3, -0.25) is 0 Å². The maximum atomic E-state index is 5.39. The van der Waals surface area contributed by atoms with Gasteiger partial charge in [-0.15, -0.1) is 0 Å². The quantitative estimate of drug-likeness (QED) is 0.617. The van der Waals surface area contributed by atoms with Crippen LogP contribution in [0.15, 0.2) is 36.4 Å². The maximum absolute atomic E-state index is 5.39. The van der Waals surface area contributed by atoms with Crippen LogP contribution in [0.1, 0.15) is 13.3 Å². The third-order valence-electron chi connectivity index (χ3n) is 1.43. The van der Waals surface area contributed by atoms with Crippen molar-refractivity contribution >= 4 is 0 Å². The molecule has 1 aromatic rings. The maximum Gasteiger partial charge on any atom is 0.120 e. The third kappa shape index (κ3) is 3.24. The van der Waals surface area contributed by atoms with Crippen molar-refractivity contribution in [1.29, 1.82) is 0 Å². The second-order valence-corrected chi connectivity index (χ2v) is 2.43. The van der Waals surface area contributed by atoms with E-state index in [-0.39, 0.29) is 0 Å². The Labute approximate surface area is 73.7 Å². The normalized spacial score (nSPS) is 10.4. The smallest absolute Gasteiger partial charge is 0.120 e. The van der Waals surface area contributed by atoms with Crippen molar-refractivity contribution in [3.05, 3.63) is 42.5 Å². The number of ether oxygens (including phenoxy) is 1. The Bertz CT molecular complexity index is 226. The van der Waals surface area contributed by atoms with Gasteiger partial charge in [-0.2, -0.15) is 0 Å². The fourth-order valence-electron chi connectivity index (χ4n) is 0.846. The molecular weight excluding hydrogens is 148 g/mol. The molecule has 0 spiro atoms. The molecule has 12 heavy (non-hydrogen) atoms. The lowest BCUT2D eigenvalue weighted by Gasteiger charge is -2.00. The minimum Gasteiger partial charge on any atom is -0.490 e. The summed E-state index contributed by atoms with van der Waals surface area (Å²) in [5, 5.41) is 0. The summed E-state index contributed by atoms with van der Waals surface area (Å²) < 4.78 is 5.39. The van der Waals surface area contributed by atoms with Crippen molar-refractivity contribution in [2.45, 2.75) is 13.3 Å². The zero-order valence-corrected chi connectivity index (χ0v) is 7.29. The molecule has 0 aliphatic carbocycles. The average molecular weight is 161 g/mol. The highest BCUT2D eigenvalue weighted by Gasteiger charge is 1.86. The van der Waals surface area contributed by atoms with Crippen molar-refractivity contribution in [3.8, 4) is 5.75 Å². The minimum atomic E-state index is 0.645. The molecule has 0 heterocycles. The predicted octanol–water partition coefficient (Wildman–Crippen LogP) is 2.83. The van der Waals surface area contributed by atoms with Gasteiger partial charge in [0.15, 0.2) is 0 Å². The average Bonchev–Trinajstić information content (AvgIpc) is 2.14. The van der Waals surface area contributed by atoms with Gasteiger partial charge < -0.3 is 4.74 Å². The van der Waals surface area contributed by atoms with E-state index in [1.165, 1.54) is 0 Å². The van der Waals surface area contributed by atoms with E-state index in [1.54, 1.807) is 0 Å². The van der Waals surface area contributed by atoms with Crippen LogP contribution in [-0.4, -0.2) is 6.61 Å². The van der Waals surface area contributed by atoms with Gasteiger partial charge in [0.2, 0.25) is 0 Å². The topological polar surface area (TPSA) is 9.23 Å². The first-order chi connectivity index (χ1) is 5.93. The number of rotatable bonds is 4.